The van der Waals surface area contributed by atoms with Gasteiger partial charge >= 0.3 is 0 Å². The summed E-state index contributed by atoms with van der Waals surface area (Å²) in [5.74, 6) is 0. The SMILES string of the molecule is CC1=C2C=C(Br)C=CC1Sc1cc(N(c3ccccc3)c3ccccc3)ccc12. The van der Waals surface area contributed by atoms with Gasteiger partial charge in [-0.05, 0) is 66.1 Å². The molecule has 5 rings (SSSR count). The van der Waals surface area contributed by atoms with Gasteiger partial charge in [0.25, 0.3) is 0 Å². The van der Waals surface area contributed by atoms with Gasteiger partial charge in [-0.3, -0.25) is 0 Å². The quantitative estimate of drug-likeness (QED) is 0.389. The summed E-state index contributed by atoms with van der Waals surface area (Å²) < 4.78 is 1.13. The Balaban J connectivity index is 1.65. The van der Waals surface area contributed by atoms with E-state index in [1.54, 1.807) is 0 Å². The van der Waals surface area contributed by atoms with Crippen molar-refractivity contribution in [1.29, 1.82) is 0 Å². The van der Waals surface area contributed by atoms with Crippen LogP contribution in [0.2, 0.25) is 0 Å². The number of halogens is 1. The summed E-state index contributed by atoms with van der Waals surface area (Å²) in [6.45, 7) is 2.25. The van der Waals surface area contributed by atoms with Gasteiger partial charge in [0.2, 0.25) is 0 Å². The Labute approximate surface area is 184 Å². The van der Waals surface area contributed by atoms with Crippen molar-refractivity contribution >= 4 is 50.3 Å². The molecule has 1 heterocycles. The lowest BCUT2D eigenvalue weighted by atomic mass is 9.97. The largest absolute Gasteiger partial charge is 0.310 e. The molecule has 0 saturated carbocycles. The summed E-state index contributed by atoms with van der Waals surface area (Å²) >= 11 is 5.61. The van der Waals surface area contributed by atoms with Gasteiger partial charge in [-0.1, -0.05) is 70.5 Å². The number of hydrogen-bond donors (Lipinski definition) is 0. The maximum absolute atomic E-state index is 3.68. The molecule has 0 spiro atoms. The number of allylic oxidation sites excluding steroid dienone is 4. The van der Waals surface area contributed by atoms with E-state index in [4.69, 9.17) is 0 Å². The fourth-order valence-corrected chi connectivity index (χ4v) is 5.51. The summed E-state index contributed by atoms with van der Waals surface area (Å²) in [5.41, 5.74) is 7.57. The van der Waals surface area contributed by atoms with E-state index in [1.165, 1.54) is 27.3 Å². The van der Waals surface area contributed by atoms with Crippen LogP contribution < -0.4 is 4.90 Å². The minimum Gasteiger partial charge on any atom is -0.310 e. The molecule has 0 fully saturated rings. The molecule has 0 amide bonds. The van der Waals surface area contributed by atoms with E-state index in [1.807, 2.05) is 11.8 Å². The maximum atomic E-state index is 3.68. The Kier molecular flexibility index (Phi) is 4.94. The molecule has 0 radical (unpaired) electrons. The van der Waals surface area contributed by atoms with E-state index in [0.717, 1.165) is 15.9 Å². The van der Waals surface area contributed by atoms with Crippen molar-refractivity contribution in [3.63, 3.8) is 0 Å². The predicted molar refractivity (Wildman–Crippen MR) is 130 cm³/mol. The molecule has 3 aromatic rings. The van der Waals surface area contributed by atoms with Crippen LogP contribution in [0.25, 0.3) is 5.57 Å². The molecular weight excluding hydrogens is 438 g/mol. The third-order valence-electron chi connectivity index (χ3n) is 5.36. The molecule has 3 aromatic carbocycles. The van der Waals surface area contributed by atoms with Crippen molar-refractivity contribution in [3.8, 4) is 0 Å². The van der Waals surface area contributed by atoms with Gasteiger partial charge in [0, 0.05) is 31.7 Å². The maximum Gasteiger partial charge on any atom is 0.0494 e. The zero-order valence-electron chi connectivity index (χ0n) is 16.0. The number of nitrogens with zero attached hydrogens (tertiary/aromatic N) is 1. The first kappa shape index (κ1) is 18.5. The molecule has 2 bridgehead atoms. The van der Waals surface area contributed by atoms with E-state index >= 15 is 0 Å². The van der Waals surface area contributed by atoms with E-state index in [2.05, 4.69) is 125 Å². The first-order valence-electron chi connectivity index (χ1n) is 9.68. The number of anilines is 3. The van der Waals surface area contributed by atoms with Crippen LogP contribution in [-0.4, -0.2) is 5.25 Å². The van der Waals surface area contributed by atoms with E-state index in [9.17, 15) is 0 Å². The highest BCUT2D eigenvalue weighted by Crippen LogP contribution is 2.47. The zero-order valence-corrected chi connectivity index (χ0v) is 18.5. The van der Waals surface area contributed by atoms with Crippen LogP contribution in [0.4, 0.5) is 17.1 Å². The predicted octanol–water partition coefficient (Wildman–Crippen LogP) is 8.25. The molecule has 0 saturated heterocycles. The number of benzene rings is 3. The van der Waals surface area contributed by atoms with Crippen molar-refractivity contribution in [3.05, 3.63) is 113 Å². The summed E-state index contributed by atoms with van der Waals surface area (Å²) in [4.78, 5) is 3.65. The van der Waals surface area contributed by atoms with Crippen LogP contribution in [-0.2, 0) is 0 Å². The Morgan fingerprint density at radius 2 is 1.48 bits per heavy atom. The molecule has 2 aliphatic rings. The second-order valence-electron chi connectivity index (χ2n) is 7.21. The minimum atomic E-state index is 0.376. The lowest BCUT2D eigenvalue weighted by Crippen LogP contribution is -2.12. The van der Waals surface area contributed by atoms with Gasteiger partial charge in [-0.2, -0.15) is 0 Å². The lowest BCUT2D eigenvalue weighted by molar-refractivity contribution is 1.18. The highest BCUT2D eigenvalue weighted by molar-refractivity contribution is 9.11. The van der Waals surface area contributed by atoms with Gasteiger partial charge in [0.15, 0.2) is 0 Å². The standard InChI is InChI=1S/C26H20BrNS/c1-18-24-16-19(27)12-15-25(18)29-26-17-22(13-14-23(24)26)28(20-8-4-2-5-9-20)21-10-6-3-7-11-21/h2-17,25H,1H3. The summed E-state index contributed by atoms with van der Waals surface area (Å²) in [6.07, 6.45) is 6.70. The molecule has 1 aliphatic heterocycles. The number of para-hydroxylation sites is 2. The van der Waals surface area contributed by atoms with Gasteiger partial charge < -0.3 is 4.90 Å². The number of thioether (sulfide) groups is 1. The van der Waals surface area contributed by atoms with Crippen molar-refractivity contribution in [1.82, 2.24) is 0 Å². The van der Waals surface area contributed by atoms with Gasteiger partial charge in [0.1, 0.15) is 0 Å². The van der Waals surface area contributed by atoms with Gasteiger partial charge in [-0.15, -0.1) is 11.8 Å². The highest BCUT2D eigenvalue weighted by Gasteiger charge is 2.25. The number of fused-ring (bicyclic) bond motifs is 3. The molecule has 29 heavy (non-hydrogen) atoms. The fraction of sp³-hybridized carbons (Fsp3) is 0.0769. The van der Waals surface area contributed by atoms with Gasteiger partial charge in [0.05, 0.1) is 0 Å². The molecule has 1 unspecified atom stereocenters. The molecule has 1 aliphatic carbocycles. The molecule has 0 N–H and O–H groups in total. The summed E-state index contributed by atoms with van der Waals surface area (Å²) in [6, 6.07) is 28.0. The van der Waals surface area contributed by atoms with Crippen LogP contribution in [0.3, 0.4) is 0 Å². The zero-order chi connectivity index (χ0) is 19.8. The topological polar surface area (TPSA) is 3.24 Å². The summed E-state index contributed by atoms with van der Waals surface area (Å²) in [5, 5.41) is 0.376. The van der Waals surface area contributed by atoms with Crippen molar-refractivity contribution < 1.29 is 0 Å². The van der Waals surface area contributed by atoms with Crippen molar-refractivity contribution in [2.24, 2.45) is 0 Å². The second kappa shape index (κ2) is 7.74. The van der Waals surface area contributed by atoms with Crippen LogP contribution in [0, 0.1) is 0 Å². The number of hydrogen-bond acceptors (Lipinski definition) is 2. The normalized spacial score (nSPS) is 17.4. The number of rotatable bonds is 3. The molecule has 1 nitrogen and oxygen atoms in total. The summed E-state index contributed by atoms with van der Waals surface area (Å²) in [7, 11) is 0. The molecule has 3 heteroatoms. The molecule has 0 aromatic heterocycles. The van der Waals surface area contributed by atoms with Crippen LogP contribution >= 0.6 is 27.7 Å². The average Bonchev–Trinajstić information content (AvgIpc) is 2.84. The van der Waals surface area contributed by atoms with Crippen molar-refractivity contribution in [2.75, 3.05) is 4.90 Å². The Hall–Kier alpha value is -2.49. The Morgan fingerprint density at radius 1 is 0.828 bits per heavy atom. The first-order chi connectivity index (χ1) is 14.2. The minimum absolute atomic E-state index is 0.376. The second-order valence-corrected chi connectivity index (χ2v) is 9.31. The van der Waals surface area contributed by atoms with Crippen molar-refractivity contribution in [2.45, 2.75) is 17.1 Å². The first-order valence-corrected chi connectivity index (χ1v) is 11.4. The molecule has 1 atom stereocenters. The van der Waals surface area contributed by atoms with E-state index in [-0.39, 0.29) is 0 Å². The van der Waals surface area contributed by atoms with Crippen LogP contribution in [0.5, 0.6) is 0 Å². The van der Waals surface area contributed by atoms with E-state index in [0.29, 0.717) is 5.25 Å². The average molecular weight is 458 g/mol. The highest BCUT2D eigenvalue weighted by atomic mass is 79.9. The molecular formula is C26H20BrNS. The van der Waals surface area contributed by atoms with E-state index < -0.39 is 0 Å². The third kappa shape index (κ3) is 3.50. The monoisotopic (exact) mass is 457 g/mol. The van der Waals surface area contributed by atoms with Crippen LogP contribution in [0.1, 0.15) is 12.5 Å². The lowest BCUT2D eigenvalue weighted by Gasteiger charge is -2.29. The third-order valence-corrected chi connectivity index (χ3v) is 7.21. The van der Waals surface area contributed by atoms with Crippen LogP contribution in [0.15, 0.2) is 112 Å². The Morgan fingerprint density at radius 3 is 2.14 bits per heavy atom. The fourth-order valence-electron chi connectivity index (χ4n) is 3.90. The smallest absolute Gasteiger partial charge is 0.0494 e. The van der Waals surface area contributed by atoms with Gasteiger partial charge in [-0.25, -0.2) is 0 Å². The molecule has 142 valence electrons. The Bertz CT molecular complexity index is 1110.